The Balaban J connectivity index is 1.95. The third kappa shape index (κ3) is 4.30. The molecule has 0 aliphatic carbocycles. The van der Waals surface area contributed by atoms with Crippen LogP contribution in [0.2, 0.25) is 0 Å². The summed E-state index contributed by atoms with van der Waals surface area (Å²) in [7, 11) is 0. The molecule has 142 valence electrons. The first kappa shape index (κ1) is 19.0. The van der Waals surface area contributed by atoms with E-state index in [4.69, 9.17) is 0 Å². The highest BCUT2D eigenvalue weighted by Crippen LogP contribution is 2.31. The molecule has 5 nitrogen and oxygen atoms in total. The number of carbonyl (C=O) groups excluding carboxylic acids is 2. The number of hydrogen-bond acceptors (Lipinski definition) is 3. The summed E-state index contributed by atoms with van der Waals surface area (Å²) in [5, 5.41) is 6.34. The van der Waals surface area contributed by atoms with Crippen molar-refractivity contribution in [2.45, 2.75) is 39.7 Å². The monoisotopic (exact) mass is 365 g/mol. The Labute approximate surface area is 160 Å². The fraction of sp³-hybridized carbons (Fsp3) is 0.364. The van der Waals surface area contributed by atoms with Crippen molar-refractivity contribution in [2.75, 3.05) is 23.7 Å². The molecule has 0 spiro atoms. The Kier molecular flexibility index (Phi) is 5.79. The van der Waals surface area contributed by atoms with E-state index in [0.717, 1.165) is 54.0 Å². The van der Waals surface area contributed by atoms with Crippen molar-refractivity contribution < 1.29 is 9.59 Å². The molecule has 2 aromatic rings. The molecule has 0 bridgehead atoms. The van der Waals surface area contributed by atoms with Gasteiger partial charge in [0.05, 0.1) is 0 Å². The SMILES string of the molecule is CC(=O)Nc1c(C)ccc(N[C@H](C(=O)N2CCCC2)c2ccccc2)c1C. The van der Waals surface area contributed by atoms with E-state index >= 15 is 0 Å². The fourth-order valence-electron chi connectivity index (χ4n) is 3.58. The summed E-state index contributed by atoms with van der Waals surface area (Å²) >= 11 is 0. The van der Waals surface area contributed by atoms with E-state index in [0.29, 0.717) is 0 Å². The first-order valence-electron chi connectivity index (χ1n) is 9.45. The summed E-state index contributed by atoms with van der Waals surface area (Å²) in [4.78, 5) is 26.7. The third-order valence-electron chi connectivity index (χ3n) is 5.07. The van der Waals surface area contributed by atoms with Gasteiger partial charge in [-0.25, -0.2) is 0 Å². The lowest BCUT2D eigenvalue weighted by molar-refractivity contribution is -0.131. The molecule has 2 aromatic carbocycles. The topological polar surface area (TPSA) is 61.4 Å². The van der Waals surface area contributed by atoms with Crippen LogP contribution in [0.4, 0.5) is 11.4 Å². The molecular formula is C22H27N3O2. The Morgan fingerprint density at radius 3 is 2.30 bits per heavy atom. The summed E-state index contributed by atoms with van der Waals surface area (Å²) in [6.45, 7) is 7.06. The van der Waals surface area contributed by atoms with E-state index in [9.17, 15) is 9.59 Å². The second-order valence-electron chi connectivity index (χ2n) is 7.13. The number of carbonyl (C=O) groups is 2. The van der Waals surface area contributed by atoms with Crippen molar-refractivity contribution in [3.05, 3.63) is 59.2 Å². The van der Waals surface area contributed by atoms with Crippen molar-refractivity contribution in [1.29, 1.82) is 0 Å². The maximum Gasteiger partial charge on any atom is 0.249 e. The first-order valence-corrected chi connectivity index (χ1v) is 9.45. The highest BCUT2D eigenvalue weighted by Gasteiger charge is 2.28. The molecule has 27 heavy (non-hydrogen) atoms. The van der Waals surface area contributed by atoms with Crippen LogP contribution in [0.3, 0.4) is 0 Å². The van der Waals surface area contributed by atoms with Crippen molar-refractivity contribution in [3.8, 4) is 0 Å². The number of benzene rings is 2. The van der Waals surface area contributed by atoms with Crippen LogP contribution in [0.25, 0.3) is 0 Å². The summed E-state index contributed by atoms with van der Waals surface area (Å²) in [6.07, 6.45) is 2.12. The van der Waals surface area contributed by atoms with Crippen LogP contribution in [-0.4, -0.2) is 29.8 Å². The number of likely N-dealkylation sites (tertiary alicyclic amines) is 1. The van der Waals surface area contributed by atoms with Crippen LogP contribution in [0, 0.1) is 13.8 Å². The van der Waals surface area contributed by atoms with E-state index < -0.39 is 6.04 Å². The molecule has 1 saturated heterocycles. The number of rotatable bonds is 5. The summed E-state index contributed by atoms with van der Waals surface area (Å²) in [5.74, 6) is -0.00847. The highest BCUT2D eigenvalue weighted by atomic mass is 16.2. The fourth-order valence-corrected chi connectivity index (χ4v) is 3.58. The Morgan fingerprint density at radius 1 is 1.00 bits per heavy atom. The first-order chi connectivity index (χ1) is 13.0. The van der Waals surface area contributed by atoms with Gasteiger partial charge in [-0.2, -0.15) is 0 Å². The number of nitrogens with one attached hydrogen (secondary N) is 2. The molecule has 1 aliphatic rings. The summed E-state index contributed by atoms with van der Waals surface area (Å²) in [5.41, 5.74) is 4.52. The van der Waals surface area contributed by atoms with E-state index in [1.807, 2.05) is 61.2 Å². The van der Waals surface area contributed by atoms with Gasteiger partial charge in [-0.1, -0.05) is 36.4 Å². The van der Waals surface area contributed by atoms with Gasteiger partial charge in [-0.15, -0.1) is 0 Å². The van der Waals surface area contributed by atoms with Crippen LogP contribution < -0.4 is 10.6 Å². The quantitative estimate of drug-likeness (QED) is 0.841. The molecule has 5 heteroatoms. The van der Waals surface area contributed by atoms with E-state index in [1.165, 1.54) is 6.92 Å². The summed E-state index contributed by atoms with van der Waals surface area (Å²) < 4.78 is 0. The average molecular weight is 365 g/mol. The second kappa shape index (κ2) is 8.25. The van der Waals surface area contributed by atoms with Crippen LogP contribution in [0.15, 0.2) is 42.5 Å². The zero-order chi connectivity index (χ0) is 19.4. The minimum absolute atomic E-state index is 0.0970. The second-order valence-corrected chi connectivity index (χ2v) is 7.13. The van der Waals surface area contributed by atoms with Crippen LogP contribution >= 0.6 is 0 Å². The molecule has 0 radical (unpaired) electrons. The maximum absolute atomic E-state index is 13.2. The zero-order valence-corrected chi connectivity index (χ0v) is 16.2. The molecule has 1 atom stereocenters. The lowest BCUT2D eigenvalue weighted by Crippen LogP contribution is -2.36. The van der Waals surface area contributed by atoms with E-state index in [-0.39, 0.29) is 11.8 Å². The molecule has 0 unspecified atom stereocenters. The van der Waals surface area contributed by atoms with Gasteiger partial charge in [0, 0.05) is 31.4 Å². The zero-order valence-electron chi connectivity index (χ0n) is 16.2. The number of nitrogens with zero attached hydrogens (tertiary/aromatic N) is 1. The third-order valence-corrected chi connectivity index (χ3v) is 5.07. The molecule has 1 fully saturated rings. The van der Waals surface area contributed by atoms with Crippen molar-refractivity contribution in [1.82, 2.24) is 4.90 Å². The minimum atomic E-state index is -0.448. The Bertz CT molecular complexity index is 827. The van der Waals surface area contributed by atoms with Gasteiger partial charge >= 0.3 is 0 Å². The minimum Gasteiger partial charge on any atom is -0.370 e. The maximum atomic E-state index is 13.2. The number of aryl methyl sites for hydroxylation is 1. The molecule has 1 heterocycles. The number of anilines is 2. The molecular weight excluding hydrogens is 338 g/mol. The Hall–Kier alpha value is -2.82. The number of amides is 2. The standard InChI is InChI=1S/C22H27N3O2/c1-15-11-12-19(16(2)20(15)23-17(3)26)24-21(18-9-5-4-6-10-18)22(27)25-13-7-8-14-25/h4-6,9-12,21,24H,7-8,13-14H2,1-3H3,(H,23,26)/t21-/m0/s1. The van der Waals surface area contributed by atoms with Gasteiger partial charge in [-0.05, 0) is 49.4 Å². The van der Waals surface area contributed by atoms with Crippen molar-refractivity contribution in [3.63, 3.8) is 0 Å². The van der Waals surface area contributed by atoms with E-state index in [1.54, 1.807) is 0 Å². The van der Waals surface area contributed by atoms with Crippen molar-refractivity contribution in [2.24, 2.45) is 0 Å². The predicted molar refractivity (Wildman–Crippen MR) is 109 cm³/mol. The lowest BCUT2D eigenvalue weighted by Gasteiger charge is -2.26. The average Bonchev–Trinajstić information content (AvgIpc) is 3.19. The normalized spacial score (nSPS) is 14.7. The predicted octanol–water partition coefficient (Wildman–Crippen LogP) is 4.04. The van der Waals surface area contributed by atoms with Gasteiger partial charge in [0.15, 0.2) is 0 Å². The van der Waals surface area contributed by atoms with Crippen LogP contribution in [0.5, 0.6) is 0 Å². The van der Waals surface area contributed by atoms with Gasteiger partial charge < -0.3 is 15.5 Å². The van der Waals surface area contributed by atoms with E-state index in [2.05, 4.69) is 10.6 Å². The molecule has 0 saturated carbocycles. The van der Waals surface area contributed by atoms with Gasteiger partial charge in [0.25, 0.3) is 0 Å². The molecule has 2 amide bonds. The number of hydrogen-bond donors (Lipinski definition) is 2. The van der Waals surface area contributed by atoms with Crippen molar-refractivity contribution >= 4 is 23.2 Å². The smallest absolute Gasteiger partial charge is 0.249 e. The van der Waals surface area contributed by atoms with Crippen LogP contribution in [0.1, 0.15) is 42.5 Å². The summed E-state index contributed by atoms with van der Waals surface area (Å²) in [6, 6.07) is 13.3. The van der Waals surface area contributed by atoms with Gasteiger partial charge in [0.1, 0.15) is 6.04 Å². The highest BCUT2D eigenvalue weighted by molar-refractivity contribution is 5.92. The lowest BCUT2D eigenvalue weighted by atomic mass is 10.0. The van der Waals surface area contributed by atoms with Gasteiger partial charge in [-0.3, -0.25) is 9.59 Å². The largest absolute Gasteiger partial charge is 0.370 e. The molecule has 2 N–H and O–H groups in total. The molecule has 0 aromatic heterocycles. The van der Waals surface area contributed by atoms with Crippen LogP contribution in [-0.2, 0) is 9.59 Å². The molecule has 3 rings (SSSR count). The Morgan fingerprint density at radius 2 is 1.67 bits per heavy atom. The molecule has 1 aliphatic heterocycles. The van der Waals surface area contributed by atoms with Gasteiger partial charge in [0.2, 0.25) is 11.8 Å².